The number of rotatable bonds is 3. The normalized spacial score (nSPS) is 17.1. The van der Waals surface area contributed by atoms with Crippen LogP contribution in [0, 0.1) is 0 Å². The largest absolute Gasteiger partial charge is 0.289 e. The van der Waals surface area contributed by atoms with E-state index in [4.69, 9.17) is 58.0 Å². The summed E-state index contributed by atoms with van der Waals surface area (Å²) in [6.07, 6.45) is 5.75. The van der Waals surface area contributed by atoms with E-state index in [0.29, 0.717) is 5.66 Å². The molecule has 0 radical (unpaired) electrons. The molecule has 7 heteroatoms. The number of halogens is 5. The molecule has 0 heterocycles. The summed E-state index contributed by atoms with van der Waals surface area (Å²) >= 11 is 30.1. The monoisotopic (exact) mass is 390 g/mol. The number of hydrogen-bond acceptors (Lipinski definition) is 1. The standard InChI is InChI=1S/C13H12Cl5OP/c14-8-7(9(15)11(17)12(18)10(8)16)13(19)20-6-4-2-1-3-5-6/h6,20H,1-5H2. The van der Waals surface area contributed by atoms with Crippen LogP contribution in [-0.2, 0) is 0 Å². The van der Waals surface area contributed by atoms with Crippen LogP contribution in [0.4, 0.5) is 0 Å². The molecule has 0 amide bonds. The second-order valence-corrected chi connectivity index (χ2v) is 8.20. The van der Waals surface area contributed by atoms with E-state index in [1.807, 2.05) is 0 Å². The third kappa shape index (κ3) is 3.57. The molecule has 0 saturated heterocycles. The molecule has 0 bridgehead atoms. The van der Waals surface area contributed by atoms with E-state index >= 15 is 0 Å². The van der Waals surface area contributed by atoms with Gasteiger partial charge >= 0.3 is 0 Å². The van der Waals surface area contributed by atoms with Crippen molar-refractivity contribution in [2.45, 2.75) is 37.8 Å². The Labute approximate surface area is 145 Å². The minimum atomic E-state index is -0.0904. The molecule has 1 aromatic carbocycles. The van der Waals surface area contributed by atoms with E-state index in [1.165, 1.54) is 19.3 Å². The summed E-state index contributed by atoms with van der Waals surface area (Å²) in [5, 5.41) is 0.443. The van der Waals surface area contributed by atoms with E-state index in [2.05, 4.69) is 0 Å². The summed E-state index contributed by atoms with van der Waals surface area (Å²) < 4.78 is 0. The van der Waals surface area contributed by atoms with Crippen molar-refractivity contribution >= 4 is 72.1 Å². The Balaban J connectivity index is 2.30. The zero-order valence-electron chi connectivity index (χ0n) is 10.4. The van der Waals surface area contributed by atoms with Gasteiger partial charge in [0.25, 0.3) is 0 Å². The summed E-state index contributed by atoms with van der Waals surface area (Å²) in [4.78, 5) is 12.5. The quantitative estimate of drug-likeness (QED) is 0.304. The molecule has 0 N–H and O–H groups in total. The molecule has 1 aliphatic carbocycles. The summed E-state index contributed by atoms with van der Waals surface area (Å²) in [7, 11) is 0.147. The molecule has 0 aliphatic heterocycles. The van der Waals surface area contributed by atoms with E-state index in [-0.39, 0.29) is 44.8 Å². The Hall–Kier alpha value is 0.770. The molecule has 1 saturated carbocycles. The summed E-state index contributed by atoms with van der Waals surface area (Å²) in [6, 6.07) is 0. The van der Waals surface area contributed by atoms with Crippen molar-refractivity contribution in [2.75, 3.05) is 0 Å². The highest BCUT2D eigenvalue weighted by molar-refractivity contribution is 7.59. The van der Waals surface area contributed by atoms with Gasteiger partial charge in [-0.05, 0) is 27.1 Å². The van der Waals surface area contributed by atoms with Gasteiger partial charge in [-0.25, -0.2) is 0 Å². The predicted octanol–water partition coefficient (Wildman–Crippen LogP) is 7.11. The van der Waals surface area contributed by atoms with Crippen molar-refractivity contribution in [3.8, 4) is 0 Å². The summed E-state index contributed by atoms with van der Waals surface area (Å²) in [6.45, 7) is 0. The van der Waals surface area contributed by atoms with Crippen LogP contribution in [0.3, 0.4) is 0 Å². The first-order valence-electron chi connectivity index (χ1n) is 6.25. The van der Waals surface area contributed by atoms with Crippen LogP contribution in [-0.4, -0.2) is 11.2 Å². The average molecular weight is 392 g/mol. The maximum atomic E-state index is 12.5. The first-order valence-corrected chi connectivity index (χ1v) is 9.22. The minimum absolute atomic E-state index is 0.0829. The fraction of sp³-hybridized carbons (Fsp3) is 0.462. The highest BCUT2D eigenvalue weighted by Gasteiger charge is 2.26. The number of benzene rings is 1. The molecule has 1 fully saturated rings. The average Bonchev–Trinajstić information content (AvgIpc) is 2.44. The Morgan fingerprint density at radius 3 is 1.75 bits per heavy atom. The van der Waals surface area contributed by atoms with Crippen molar-refractivity contribution in [3.63, 3.8) is 0 Å². The van der Waals surface area contributed by atoms with Crippen LogP contribution in [0.2, 0.25) is 25.1 Å². The summed E-state index contributed by atoms with van der Waals surface area (Å²) in [5.41, 5.74) is 0.528. The van der Waals surface area contributed by atoms with Gasteiger partial charge < -0.3 is 0 Å². The number of carbonyl (C=O) groups is 1. The molecule has 0 aromatic heterocycles. The van der Waals surface area contributed by atoms with Gasteiger partial charge in [0.15, 0.2) is 5.52 Å². The molecule has 1 nitrogen and oxygen atoms in total. The molecule has 1 aliphatic rings. The number of hydrogen-bond donors (Lipinski definition) is 0. The van der Waals surface area contributed by atoms with Crippen LogP contribution in [0.25, 0.3) is 0 Å². The van der Waals surface area contributed by atoms with E-state index < -0.39 is 0 Å². The van der Waals surface area contributed by atoms with Crippen molar-refractivity contribution in [1.82, 2.24) is 0 Å². The fourth-order valence-electron chi connectivity index (χ4n) is 2.31. The minimum Gasteiger partial charge on any atom is -0.289 e. The Morgan fingerprint density at radius 2 is 1.25 bits per heavy atom. The van der Waals surface area contributed by atoms with Crippen molar-refractivity contribution in [1.29, 1.82) is 0 Å². The number of carbonyl (C=O) groups excluding carboxylic acids is 1. The third-order valence-electron chi connectivity index (χ3n) is 3.38. The highest BCUT2D eigenvalue weighted by Crippen LogP contribution is 2.47. The first-order chi connectivity index (χ1) is 9.43. The molecule has 0 spiro atoms. The second-order valence-electron chi connectivity index (χ2n) is 4.75. The molecule has 1 atom stereocenters. The molecular weight excluding hydrogens is 380 g/mol. The Morgan fingerprint density at radius 1 is 0.800 bits per heavy atom. The highest BCUT2D eigenvalue weighted by atomic mass is 35.5. The molecule has 1 unspecified atom stereocenters. The van der Waals surface area contributed by atoms with Crippen molar-refractivity contribution in [3.05, 3.63) is 30.7 Å². The first kappa shape index (κ1) is 17.1. The van der Waals surface area contributed by atoms with E-state index in [0.717, 1.165) is 12.8 Å². The lowest BCUT2D eigenvalue weighted by atomic mass is 10.0. The zero-order valence-corrected chi connectivity index (χ0v) is 15.2. The van der Waals surface area contributed by atoms with Crippen LogP contribution in [0.15, 0.2) is 0 Å². The maximum absolute atomic E-state index is 12.5. The van der Waals surface area contributed by atoms with Gasteiger partial charge in [0.2, 0.25) is 0 Å². The van der Waals surface area contributed by atoms with E-state index in [9.17, 15) is 4.79 Å². The Bertz CT molecular complexity index is 511. The van der Waals surface area contributed by atoms with E-state index in [1.54, 1.807) is 0 Å². The van der Waals surface area contributed by atoms with Crippen LogP contribution in [0.5, 0.6) is 0 Å². The van der Waals surface area contributed by atoms with Gasteiger partial charge in [-0.1, -0.05) is 77.3 Å². The van der Waals surface area contributed by atoms with Gasteiger partial charge in [-0.2, -0.15) is 0 Å². The maximum Gasteiger partial charge on any atom is 0.184 e. The molecule has 20 heavy (non-hydrogen) atoms. The summed E-state index contributed by atoms with van der Waals surface area (Å²) in [5.74, 6) is 0. The van der Waals surface area contributed by atoms with Crippen molar-refractivity contribution < 1.29 is 4.79 Å². The topological polar surface area (TPSA) is 17.1 Å². The lowest BCUT2D eigenvalue weighted by Crippen LogP contribution is -2.10. The van der Waals surface area contributed by atoms with Gasteiger partial charge in [0.1, 0.15) is 0 Å². The van der Waals surface area contributed by atoms with Crippen molar-refractivity contribution in [2.24, 2.45) is 0 Å². The fourth-order valence-corrected chi connectivity index (χ4v) is 5.24. The molecule has 2 rings (SSSR count). The van der Waals surface area contributed by atoms with Crippen LogP contribution in [0.1, 0.15) is 42.5 Å². The lowest BCUT2D eigenvalue weighted by molar-refractivity contribution is 0.108. The molecule has 110 valence electrons. The SMILES string of the molecule is O=C(PC1CCCCC1)c1c(Cl)c(Cl)c(Cl)c(Cl)c1Cl. The third-order valence-corrected chi connectivity index (χ3v) is 7.15. The van der Waals surface area contributed by atoms with Crippen LogP contribution < -0.4 is 0 Å². The Kier molecular flexibility index (Phi) is 6.30. The van der Waals surface area contributed by atoms with Gasteiger partial charge in [-0.3, -0.25) is 4.79 Å². The van der Waals surface area contributed by atoms with Gasteiger partial charge in [-0.15, -0.1) is 0 Å². The lowest BCUT2D eigenvalue weighted by Gasteiger charge is -2.21. The smallest absolute Gasteiger partial charge is 0.184 e. The van der Waals surface area contributed by atoms with Gasteiger partial charge in [0.05, 0.1) is 30.7 Å². The molecular formula is C13H12Cl5OP. The van der Waals surface area contributed by atoms with Crippen LogP contribution >= 0.6 is 66.6 Å². The second kappa shape index (κ2) is 7.36. The molecule has 1 aromatic rings. The zero-order chi connectivity index (χ0) is 14.9. The van der Waals surface area contributed by atoms with Gasteiger partial charge in [0, 0.05) is 0 Å². The predicted molar refractivity (Wildman–Crippen MR) is 91.0 cm³/mol.